The molecule has 2 aromatic heterocycles. The number of piperidine rings is 1. The van der Waals surface area contributed by atoms with E-state index in [-0.39, 0.29) is 0 Å². The number of aryl methyl sites for hydroxylation is 1. The van der Waals surface area contributed by atoms with E-state index in [0.717, 1.165) is 32.0 Å². The maximum absolute atomic E-state index is 4.49. The highest BCUT2D eigenvalue weighted by atomic mass is 15.3. The molecule has 0 spiro atoms. The van der Waals surface area contributed by atoms with Gasteiger partial charge in [0, 0.05) is 26.3 Å². The van der Waals surface area contributed by atoms with Crippen LogP contribution in [-0.2, 0) is 20.1 Å². The summed E-state index contributed by atoms with van der Waals surface area (Å²) in [7, 11) is 6.53. The molecular formula is C19H33N7. The molecule has 0 amide bonds. The molecule has 0 N–H and O–H groups in total. The zero-order valence-corrected chi connectivity index (χ0v) is 16.8. The van der Waals surface area contributed by atoms with E-state index >= 15 is 0 Å². The predicted molar refractivity (Wildman–Crippen MR) is 102 cm³/mol. The van der Waals surface area contributed by atoms with Crippen LogP contribution in [0.3, 0.4) is 0 Å². The Morgan fingerprint density at radius 2 is 2.12 bits per heavy atom. The van der Waals surface area contributed by atoms with E-state index < -0.39 is 0 Å². The average molecular weight is 360 g/mol. The Kier molecular flexibility index (Phi) is 6.09. The molecular weight excluding hydrogens is 326 g/mol. The second-order valence-electron chi connectivity index (χ2n) is 8.21. The molecule has 1 aliphatic heterocycles. The van der Waals surface area contributed by atoms with Crippen molar-refractivity contribution in [3.8, 4) is 0 Å². The largest absolute Gasteiger partial charge is 0.336 e. The fourth-order valence-corrected chi connectivity index (χ4v) is 4.19. The molecule has 0 aliphatic carbocycles. The van der Waals surface area contributed by atoms with Gasteiger partial charge in [-0.3, -0.25) is 9.80 Å². The first-order valence-corrected chi connectivity index (χ1v) is 9.67. The Hall–Kier alpha value is -1.73. The van der Waals surface area contributed by atoms with Crippen LogP contribution >= 0.6 is 0 Å². The molecule has 26 heavy (non-hydrogen) atoms. The van der Waals surface area contributed by atoms with Crippen molar-refractivity contribution in [2.75, 3.05) is 27.2 Å². The molecule has 3 heterocycles. The maximum atomic E-state index is 4.49. The van der Waals surface area contributed by atoms with E-state index in [4.69, 9.17) is 0 Å². The molecule has 7 heteroatoms. The molecule has 0 saturated carbocycles. The third-order valence-corrected chi connectivity index (χ3v) is 5.36. The number of hydrogen-bond donors (Lipinski definition) is 0. The summed E-state index contributed by atoms with van der Waals surface area (Å²) in [6, 6.07) is 0.423. The van der Waals surface area contributed by atoms with Crippen LogP contribution in [0.2, 0.25) is 0 Å². The Morgan fingerprint density at radius 1 is 1.31 bits per heavy atom. The molecule has 0 bridgehead atoms. The second kappa shape index (κ2) is 8.31. The van der Waals surface area contributed by atoms with Crippen LogP contribution in [0, 0.1) is 11.8 Å². The number of rotatable bonds is 7. The smallest absolute Gasteiger partial charge is 0.141 e. The van der Waals surface area contributed by atoms with Crippen molar-refractivity contribution in [1.82, 2.24) is 34.1 Å². The minimum Gasteiger partial charge on any atom is -0.336 e. The summed E-state index contributed by atoms with van der Waals surface area (Å²) in [5.41, 5.74) is 1.31. The Balaban J connectivity index is 1.68. The second-order valence-corrected chi connectivity index (χ2v) is 8.21. The van der Waals surface area contributed by atoms with Gasteiger partial charge in [-0.05, 0) is 45.3 Å². The van der Waals surface area contributed by atoms with Gasteiger partial charge in [-0.1, -0.05) is 13.8 Å². The summed E-state index contributed by atoms with van der Waals surface area (Å²) < 4.78 is 4.21. The van der Waals surface area contributed by atoms with E-state index in [0.29, 0.717) is 17.9 Å². The van der Waals surface area contributed by atoms with Crippen LogP contribution in [0.25, 0.3) is 0 Å². The van der Waals surface area contributed by atoms with E-state index in [1.807, 2.05) is 17.2 Å². The highest BCUT2D eigenvalue weighted by molar-refractivity contribution is 5.08. The lowest BCUT2D eigenvalue weighted by Crippen LogP contribution is -2.41. The molecule has 1 fully saturated rings. The zero-order chi connectivity index (χ0) is 18.7. The highest BCUT2D eigenvalue weighted by Crippen LogP contribution is 2.35. The first-order valence-electron chi connectivity index (χ1n) is 9.67. The fraction of sp³-hybridized carbons (Fsp3) is 0.737. The number of hydrogen-bond acceptors (Lipinski definition) is 5. The summed E-state index contributed by atoms with van der Waals surface area (Å²) >= 11 is 0. The third kappa shape index (κ3) is 4.32. The van der Waals surface area contributed by atoms with Crippen molar-refractivity contribution < 1.29 is 0 Å². The van der Waals surface area contributed by atoms with Gasteiger partial charge in [0.25, 0.3) is 0 Å². The van der Waals surface area contributed by atoms with Crippen molar-refractivity contribution in [3.05, 3.63) is 30.4 Å². The van der Waals surface area contributed by atoms with Gasteiger partial charge < -0.3 is 4.57 Å². The summed E-state index contributed by atoms with van der Waals surface area (Å²) in [5, 5.41) is 4.39. The molecule has 0 radical (unpaired) electrons. The fourth-order valence-electron chi connectivity index (χ4n) is 4.19. The van der Waals surface area contributed by atoms with Gasteiger partial charge in [0.05, 0.1) is 24.6 Å². The Bertz CT molecular complexity index is 690. The van der Waals surface area contributed by atoms with Crippen molar-refractivity contribution in [2.24, 2.45) is 18.9 Å². The van der Waals surface area contributed by atoms with Gasteiger partial charge >= 0.3 is 0 Å². The molecule has 1 aliphatic rings. The van der Waals surface area contributed by atoms with Crippen LogP contribution < -0.4 is 0 Å². The number of aromatic nitrogens is 5. The minimum absolute atomic E-state index is 0.423. The summed E-state index contributed by atoms with van der Waals surface area (Å²) in [6.07, 6.45) is 8.13. The first-order chi connectivity index (χ1) is 12.5. The van der Waals surface area contributed by atoms with E-state index in [9.17, 15) is 0 Å². The normalized spacial score (nSPS) is 21.8. The SMILES string of the molecule is CC(C)Cn1ncnc1CN(C)C[C@@H]1CCCN(C)[C@H]1c1cncn1C. The molecule has 2 atom stereocenters. The van der Waals surface area contributed by atoms with Crippen molar-refractivity contribution in [1.29, 1.82) is 0 Å². The van der Waals surface area contributed by atoms with Crippen molar-refractivity contribution in [2.45, 2.75) is 45.8 Å². The number of nitrogens with zero attached hydrogens (tertiary/aromatic N) is 7. The maximum Gasteiger partial charge on any atom is 0.141 e. The van der Waals surface area contributed by atoms with Crippen molar-refractivity contribution in [3.63, 3.8) is 0 Å². The monoisotopic (exact) mass is 359 g/mol. The molecule has 7 nitrogen and oxygen atoms in total. The first kappa shape index (κ1) is 19.0. The van der Waals surface area contributed by atoms with Crippen molar-refractivity contribution >= 4 is 0 Å². The molecule has 0 aromatic carbocycles. The summed E-state index contributed by atoms with van der Waals surface area (Å²) in [5.74, 6) is 2.22. The van der Waals surface area contributed by atoms with Crippen LogP contribution in [0.4, 0.5) is 0 Å². The predicted octanol–water partition coefficient (Wildman–Crippen LogP) is 2.18. The standard InChI is InChI=1S/C19H33N7/c1-15(2)10-26-18(21-13-22-26)12-23(3)11-16-7-6-8-24(4)19(16)17-9-20-14-25(17)5/h9,13-16,19H,6-8,10-12H2,1-5H3/t16-,19+/m0/s1. The molecule has 144 valence electrons. The lowest BCUT2D eigenvalue weighted by molar-refractivity contribution is 0.0869. The van der Waals surface area contributed by atoms with E-state index in [1.54, 1.807) is 6.33 Å². The van der Waals surface area contributed by atoms with Crippen LogP contribution in [-0.4, -0.2) is 61.3 Å². The number of likely N-dealkylation sites (tertiary alicyclic amines) is 1. The van der Waals surface area contributed by atoms with E-state index in [2.05, 4.69) is 64.4 Å². The zero-order valence-electron chi connectivity index (χ0n) is 16.8. The topological polar surface area (TPSA) is 55.0 Å². The third-order valence-electron chi connectivity index (χ3n) is 5.36. The van der Waals surface area contributed by atoms with Crippen LogP contribution in [0.5, 0.6) is 0 Å². The summed E-state index contributed by atoms with van der Waals surface area (Å²) in [4.78, 5) is 13.7. The van der Waals surface area contributed by atoms with Gasteiger partial charge in [0.2, 0.25) is 0 Å². The minimum atomic E-state index is 0.423. The molecule has 3 rings (SSSR count). The molecule has 0 unspecified atom stereocenters. The Morgan fingerprint density at radius 3 is 2.81 bits per heavy atom. The van der Waals surface area contributed by atoms with Gasteiger partial charge in [0.1, 0.15) is 12.2 Å². The van der Waals surface area contributed by atoms with Crippen LogP contribution in [0.1, 0.15) is 44.2 Å². The average Bonchev–Trinajstić information content (AvgIpc) is 3.17. The van der Waals surface area contributed by atoms with Gasteiger partial charge in [-0.2, -0.15) is 5.10 Å². The quantitative estimate of drug-likeness (QED) is 0.758. The number of imidazole rings is 1. The lowest BCUT2D eigenvalue weighted by Gasteiger charge is -2.40. The molecule has 2 aromatic rings. The molecule has 1 saturated heterocycles. The lowest BCUT2D eigenvalue weighted by atomic mass is 9.87. The summed E-state index contributed by atoms with van der Waals surface area (Å²) in [6.45, 7) is 8.39. The van der Waals surface area contributed by atoms with E-state index in [1.165, 1.54) is 18.5 Å². The van der Waals surface area contributed by atoms with Crippen LogP contribution in [0.15, 0.2) is 18.9 Å². The van der Waals surface area contributed by atoms with Gasteiger partial charge in [-0.15, -0.1) is 0 Å². The highest BCUT2D eigenvalue weighted by Gasteiger charge is 2.33. The van der Waals surface area contributed by atoms with Gasteiger partial charge in [0.15, 0.2) is 0 Å². The Labute approximate surface area is 157 Å². The van der Waals surface area contributed by atoms with Gasteiger partial charge in [-0.25, -0.2) is 14.6 Å².